The van der Waals surface area contributed by atoms with E-state index in [1.807, 2.05) is 36.4 Å². The minimum Gasteiger partial charge on any atom is -0.489 e. The van der Waals surface area contributed by atoms with Gasteiger partial charge in [0.1, 0.15) is 12.4 Å². The molecule has 2 aromatic rings. The maximum absolute atomic E-state index is 6.12. The number of nitrogens with one attached hydrogen (secondary N) is 1. The summed E-state index contributed by atoms with van der Waals surface area (Å²) in [6.07, 6.45) is 2.62. The van der Waals surface area contributed by atoms with Crippen molar-refractivity contribution in [2.24, 2.45) is 0 Å². The van der Waals surface area contributed by atoms with Gasteiger partial charge in [-0.1, -0.05) is 41.9 Å². The van der Waals surface area contributed by atoms with Crippen LogP contribution < -0.4 is 10.1 Å². The van der Waals surface area contributed by atoms with Crippen molar-refractivity contribution in [3.8, 4) is 5.75 Å². The zero-order valence-corrected chi connectivity index (χ0v) is 12.1. The van der Waals surface area contributed by atoms with Crippen molar-refractivity contribution < 1.29 is 4.74 Å². The quantitative estimate of drug-likeness (QED) is 0.861. The van der Waals surface area contributed by atoms with Crippen LogP contribution in [-0.2, 0) is 13.2 Å². The van der Waals surface area contributed by atoms with Crippen molar-refractivity contribution in [1.82, 2.24) is 5.32 Å². The minimum atomic E-state index is 0.499. The highest BCUT2D eigenvalue weighted by atomic mass is 35.5. The molecule has 3 rings (SSSR count). The van der Waals surface area contributed by atoms with Gasteiger partial charge in [-0.25, -0.2) is 0 Å². The molecule has 0 saturated heterocycles. The van der Waals surface area contributed by atoms with Crippen molar-refractivity contribution >= 4 is 11.6 Å². The molecule has 0 heterocycles. The van der Waals surface area contributed by atoms with Gasteiger partial charge >= 0.3 is 0 Å². The van der Waals surface area contributed by atoms with Crippen LogP contribution >= 0.6 is 11.6 Å². The second kappa shape index (κ2) is 6.29. The van der Waals surface area contributed by atoms with Crippen LogP contribution in [0, 0.1) is 0 Å². The monoisotopic (exact) mass is 287 g/mol. The van der Waals surface area contributed by atoms with Crippen molar-refractivity contribution in [1.29, 1.82) is 0 Å². The van der Waals surface area contributed by atoms with Gasteiger partial charge in [0.05, 0.1) is 0 Å². The summed E-state index contributed by atoms with van der Waals surface area (Å²) < 4.78 is 5.82. The molecule has 0 atom stereocenters. The standard InChI is InChI=1S/C17H18ClNO/c18-17-7-2-1-5-14(17)12-20-16-6-3-4-13(10-16)11-19-15-8-9-15/h1-7,10,15,19H,8-9,11-12H2. The van der Waals surface area contributed by atoms with E-state index in [-0.39, 0.29) is 0 Å². The Bertz CT molecular complexity index is 581. The number of hydrogen-bond donors (Lipinski definition) is 1. The lowest BCUT2D eigenvalue weighted by Gasteiger charge is -2.09. The van der Waals surface area contributed by atoms with E-state index in [2.05, 4.69) is 17.4 Å². The van der Waals surface area contributed by atoms with Crippen molar-refractivity contribution in [2.75, 3.05) is 0 Å². The van der Waals surface area contributed by atoms with Gasteiger partial charge < -0.3 is 10.1 Å². The summed E-state index contributed by atoms with van der Waals surface area (Å²) >= 11 is 6.12. The normalized spacial score (nSPS) is 14.2. The van der Waals surface area contributed by atoms with Crippen LogP contribution in [-0.4, -0.2) is 6.04 Å². The molecular formula is C17H18ClNO. The largest absolute Gasteiger partial charge is 0.489 e. The summed E-state index contributed by atoms with van der Waals surface area (Å²) in [4.78, 5) is 0. The van der Waals surface area contributed by atoms with E-state index in [0.29, 0.717) is 6.61 Å². The molecule has 1 aliphatic carbocycles. The predicted octanol–water partition coefficient (Wildman–Crippen LogP) is 4.17. The molecule has 20 heavy (non-hydrogen) atoms. The fourth-order valence-corrected chi connectivity index (χ4v) is 2.26. The van der Waals surface area contributed by atoms with Gasteiger partial charge in [-0.15, -0.1) is 0 Å². The Kier molecular flexibility index (Phi) is 4.24. The van der Waals surface area contributed by atoms with Gasteiger partial charge in [-0.2, -0.15) is 0 Å². The van der Waals surface area contributed by atoms with E-state index < -0.39 is 0 Å². The third kappa shape index (κ3) is 3.75. The van der Waals surface area contributed by atoms with Gasteiger partial charge in [-0.05, 0) is 36.6 Å². The van der Waals surface area contributed by atoms with E-state index in [0.717, 1.165) is 28.9 Å². The van der Waals surface area contributed by atoms with E-state index in [1.54, 1.807) is 0 Å². The lowest BCUT2D eigenvalue weighted by molar-refractivity contribution is 0.306. The molecule has 0 aromatic heterocycles. The highest BCUT2D eigenvalue weighted by Gasteiger charge is 2.19. The van der Waals surface area contributed by atoms with E-state index >= 15 is 0 Å². The van der Waals surface area contributed by atoms with Crippen LogP contribution in [0.3, 0.4) is 0 Å². The van der Waals surface area contributed by atoms with Crippen LogP contribution in [0.4, 0.5) is 0 Å². The third-order valence-electron chi connectivity index (χ3n) is 3.42. The summed E-state index contributed by atoms with van der Waals surface area (Å²) in [5.41, 5.74) is 2.27. The highest BCUT2D eigenvalue weighted by molar-refractivity contribution is 6.31. The molecule has 2 nitrogen and oxygen atoms in total. The average molecular weight is 288 g/mol. The van der Waals surface area contributed by atoms with Gasteiger partial charge in [0, 0.05) is 23.2 Å². The Balaban J connectivity index is 1.59. The summed E-state index contributed by atoms with van der Waals surface area (Å²) in [5, 5.41) is 4.26. The van der Waals surface area contributed by atoms with Crippen LogP contribution in [0.5, 0.6) is 5.75 Å². The Labute approximate surface area is 124 Å². The maximum atomic E-state index is 6.12. The zero-order chi connectivity index (χ0) is 13.8. The summed E-state index contributed by atoms with van der Waals surface area (Å²) in [7, 11) is 0. The first-order valence-corrected chi connectivity index (χ1v) is 7.37. The SMILES string of the molecule is Clc1ccccc1COc1cccc(CNC2CC2)c1. The minimum absolute atomic E-state index is 0.499. The number of rotatable bonds is 6. The van der Waals surface area contributed by atoms with Gasteiger partial charge in [0.15, 0.2) is 0 Å². The average Bonchev–Trinajstić information content (AvgIpc) is 3.29. The molecule has 0 radical (unpaired) electrons. The van der Waals surface area contributed by atoms with Crippen LogP contribution in [0.25, 0.3) is 0 Å². The molecule has 104 valence electrons. The molecule has 1 aliphatic rings. The fourth-order valence-electron chi connectivity index (χ4n) is 2.07. The Hall–Kier alpha value is -1.51. The van der Waals surface area contributed by atoms with Crippen LogP contribution in [0.15, 0.2) is 48.5 Å². The first kappa shape index (κ1) is 13.5. The van der Waals surface area contributed by atoms with Gasteiger partial charge in [0.2, 0.25) is 0 Å². The first-order chi connectivity index (χ1) is 9.81. The number of halogens is 1. The fraction of sp³-hybridized carbons (Fsp3) is 0.294. The predicted molar refractivity (Wildman–Crippen MR) is 82.1 cm³/mol. The topological polar surface area (TPSA) is 21.3 Å². The van der Waals surface area contributed by atoms with E-state index in [9.17, 15) is 0 Å². The number of ether oxygens (including phenoxy) is 1. The van der Waals surface area contributed by atoms with E-state index in [1.165, 1.54) is 18.4 Å². The third-order valence-corrected chi connectivity index (χ3v) is 3.79. The second-order valence-corrected chi connectivity index (χ2v) is 5.59. The molecular weight excluding hydrogens is 270 g/mol. The van der Waals surface area contributed by atoms with Gasteiger partial charge in [-0.3, -0.25) is 0 Å². The lowest BCUT2D eigenvalue weighted by atomic mass is 10.2. The molecule has 0 bridgehead atoms. The smallest absolute Gasteiger partial charge is 0.120 e. The number of hydrogen-bond acceptors (Lipinski definition) is 2. The first-order valence-electron chi connectivity index (χ1n) is 7.00. The number of benzene rings is 2. The van der Waals surface area contributed by atoms with Crippen molar-refractivity contribution in [3.05, 3.63) is 64.7 Å². The molecule has 1 N–H and O–H groups in total. The Morgan fingerprint density at radius 2 is 1.95 bits per heavy atom. The Morgan fingerprint density at radius 1 is 1.10 bits per heavy atom. The van der Waals surface area contributed by atoms with Crippen LogP contribution in [0.2, 0.25) is 5.02 Å². The lowest BCUT2D eigenvalue weighted by Crippen LogP contribution is -2.15. The molecule has 0 unspecified atom stereocenters. The van der Waals surface area contributed by atoms with Crippen molar-refractivity contribution in [2.45, 2.75) is 32.0 Å². The van der Waals surface area contributed by atoms with Gasteiger partial charge in [0.25, 0.3) is 0 Å². The summed E-state index contributed by atoms with van der Waals surface area (Å²) in [6, 6.07) is 16.7. The zero-order valence-electron chi connectivity index (χ0n) is 11.3. The molecule has 2 aromatic carbocycles. The second-order valence-electron chi connectivity index (χ2n) is 5.18. The molecule has 1 saturated carbocycles. The Morgan fingerprint density at radius 3 is 2.75 bits per heavy atom. The molecule has 0 amide bonds. The molecule has 3 heteroatoms. The van der Waals surface area contributed by atoms with Crippen LogP contribution in [0.1, 0.15) is 24.0 Å². The highest BCUT2D eigenvalue weighted by Crippen LogP contribution is 2.21. The molecule has 0 spiro atoms. The van der Waals surface area contributed by atoms with Crippen molar-refractivity contribution in [3.63, 3.8) is 0 Å². The molecule has 1 fully saturated rings. The summed E-state index contributed by atoms with van der Waals surface area (Å²) in [5.74, 6) is 0.889. The molecule has 0 aliphatic heterocycles. The van der Waals surface area contributed by atoms with E-state index in [4.69, 9.17) is 16.3 Å². The summed E-state index contributed by atoms with van der Waals surface area (Å²) in [6.45, 7) is 1.41. The maximum Gasteiger partial charge on any atom is 0.120 e.